The third-order valence-corrected chi connectivity index (χ3v) is 2.61. The summed E-state index contributed by atoms with van der Waals surface area (Å²) in [5, 5.41) is 0. The van der Waals surface area contributed by atoms with Gasteiger partial charge in [0.25, 0.3) is 0 Å². The average Bonchev–Trinajstić information content (AvgIpc) is 2.37. The summed E-state index contributed by atoms with van der Waals surface area (Å²) in [4.78, 5) is 7.77. The van der Waals surface area contributed by atoms with E-state index >= 15 is 0 Å². The standard InChI is InChI=1S/C14H10F3N3/c1-9-12(13(18)20-8-19-9)7-4-10-2-5-11(6-3-10)14(15,16)17/h2-3,5-6,8H,1H3,(H2,18,19,20). The summed E-state index contributed by atoms with van der Waals surface area (Å²) < 4.78 is 37.2. The van der Waals surface area contributed by atoms with Gasteiger partial charge >= 0.3 is 6.18 Å². The first kappa shape index (κ1) is 13.9. The lowest BCUT2D eigenvalue weighted by atomic mass is 10.1. The Labute approximate surface area is 113 Å². The Bertz CT molecular complexity index is 659. The number of rotatable bonds is 0. The number of anilines is 1. The zero-order valence-corrected chi connectivity index (χ0v) is 10.5. The fraction of sp³-hybridized carbons (Fsp3) is 0.143. The first-order chi connectivity index (χ1) is 9.38. The summed E-state index contributed by atoms with van der Waals surface area (Å²) in [5.41, 5.74) is 6.52. The Morgan fingerprint density at radius 1 is 1.05 bits per heavy atom. The van der Waals surface area contributed by atoms with Gasteiger partial charge in [-0.15, -0.1) is 0 Å². The molecule has 0 unspecified atom stereocenters. The lowest BCUT2D eigenvalue weighted by Gasteiger charge is -2.05. The highest BCUT2D eigenvalue weighted by Gasteiger charge is 2.29. The quantitative estimate of drug-likeness (QED) is 0.753. The highest BCUT2D eigenvalue weighted by molar-refractivity contribution is 5.55. The van der Waals surface area contributed by atoms with E-state index in [1.165, 1.54) is 18.5 Å². The second kappa shape index (κ2) is 5.21. The summed E-state index contributed by atoms with van der Waals surface area (Å²) in [6, 6.07) is 4.60. The van der Waals surface area contributed by atoms with Crippen molar-refractivity contribution in [3.8, 4) is 11.8 Å². The third-order valence-electron chi connectivity index (χ3n) is 2.61. The van der Waals surface area contributed by atoms with Crippen LogP contribution < -0.4 is 5.73 Å². The van der Waals surface area contributed by atoms with E-state index in [-0.39, 0.29) is 5.82 Å². The maximum absolute atomic E-state index is 12.4. The molecule has 2 N–H and O–H groups in total. The minimum Gasteiger partial charge on any atom is -0.383 e. The molecule has 2 rings (SSSR count). The van der Waals surface area contributed by atoms with Crippen LogP contribution in [0.3, 0.4) is 0 Å². The van der Waals surface area contributed by atoms with Gasteiger partial charge in [-0.3, -0.25) is 0 Å². The number of benzene rings is 1. The maximum Gasteiger partial charge on any atom is 0.416 e. The monoisotopic (exact) mass is 277 g/mol. The largest absolute Gasteiger partial charge is 0.416 e. The van der Waals surface area contributed by atoms with E-state index < -0.39 is 11.7 Å². The molecular weight excluding hydrogens is 267 g/mol. The molecule has 0 bridgehead atoms. The van der Waals surface area contributed by atoms with Crippen molar-refractivity contribution in [2.24, 2.45) is 0 Å². The van der Waals surface area contributed by atoms with Crippen LogP contribution in [0.15, 0.2) is 30.6 Å². The van der Waals surface area contributed by atoms with Crippen molar-refractivity contribution < 1.29 is 13.2 Å². The summed E-state index contributed by atoms with van der Waals surface area (Å²) >= 11 is 0. The SMILES string of the molecule is Cc1ncnc(N)c1C#Cc1ccc(C(F)(F)F)cc1. The molecule has 0 radical (unpaired) electrons. The van der Waals surface area contributed by atoms with Gasteiger partial charge in [0.05, 0.1) is 16.8 Å². The van der Waals surface area contributed by atoms with Crippen LogP contribution >= 0.6 is 0 Å². The molecule has 0 aliphatic rings. The van der Waals surface area contributed by atoms with E-state index in [2.05, 4.69) is 21.8 Å². The second-order valence-electron chi connectivity index (χ2n) is 4.04. The molecule has 0 spiro atoms. The highest BCUT2D eigenvalue weighted by atomic mass is 19.4. The Morgan fingerprint density at radius 2 is 1.70 bits per heavy atom. The Hall–Kier alpha value is -2.55. The van der Waals surface area contributed by atoms with Gasteiger partial charge in [-0.25, -0.2) is 9.97 Å². The predicted molar refractivity (Wildman–Crippen MR) is 68.6 cm³/mol. The number of aryl methyl sites for hydroxylation is 1. The molecule has 0 aliphatic heterocycles. The van der Waals surface area contributed by atoms with Gasteiger partial charge in [-0.1, -0.05) is 11.8 Å². The Kier molecular flexibility index (Phi) is 3.61. The molecule has 0 aliphatic carbocycles. The molecular formula is C14H10F3N3. The van der Waals surface area contributed by atoms with Gasteiger partial charge in [0.15, 0.2) is 0 Å². The number of hydrogen-bond donors (Lipinski definition) is 1. The molecule has 0 saturated heterocycles. The number of nitrogens with two attached hydrogens (primary N) is 1. The first-order valence-electron chi connectivity index (χ1n) is 5.64. The summed E-state index contributed by atoms with van der Waals surface area (Å²) in [6.45, 7) is 1.73. The molecule has 1 aromatic carbocycles. The molecule has 102 valence electrons. The van der Waals surface area contributed by atoms with Gasteiger partial charge in [0.1, 0.15) is 12.1 Å². The average molecular weight is 277 g/mol. The van der Waals surface area contributed by atoms with Crippen LogP contribution in [0.4, 0.5) is 19.0 Å². The van der Waals surface area contributed by atoms with Crippen molar-refractivity contribution >= 4 is 5.82 Å². The Balaban J connectivity index is 2.30. The van der Waals surface area contributed by atoms with Crippen LogP contribution in [0.1, 0.15) is 22.4 Å². The fourth-order valence-electron chi connectivity index (χ4n) is 1.52. The van der Waals surface area contributed by atoms with Crippen molar-refractivity contribution in [3.05, 3.63) is 53.0 Å². The van der Waals surface area contributed by atoms with Gasteiger partial charge in [-0.2, -0.15) is 13.2 Å². The molecule has 0 fully saturated rings. The van der Waals surface area contributed by atoms with Gasteiger partial charge in [0, 0.05) is 5.56 Å². The van der Waals surface area contributed by atoms with Gasteiger partial charge in [-0.05, 0) is 31.2 Å². The Morgan fingerprint density at radius 3 is 2.25 bits per heavy atom. The van der Waals surface area contributed by atoms with E-state index in [9.17, 15) is 13.2 Å². The predicted octanol–water partition coefficient (Wildman–Crippen LogP) is 2.79. The van der Waals surface area contributed by atoms with E-state index in [4.69, 9.17) is 5.73 Å². The van der Waals surface area contributed by atoms with Crippen molar-refractivity contribution in [1.29, 1.82) is 0 Å². The molecule has 0 saturated carbocycles. The molecule has 6 heteroatoms. The van der Waals surface area contributed by atoms with Crippen molar-refractivity contribution in [2.45, 2.75) is 13.1 Å². The smallest absolute Gasteiger partial charge is 0.383 e. The summed E-state index contributed by atoms with van der Waals surface area (Å²) in [5.74, 6) is 5.77. The number of halogens is 3. The van der Waals surface area contributed by atoms with Crippen LogP contribution in [-0.4, -0.2) is 9.97 Å². The zero-order valence-electron chi connectivity index (χ0n) is 10.5. The van der Waals surface area contributed by atoms with Crippen LogP contribution in [0.25, 0.3) is 0 Å². The summed E-state index contributed by atoms with van der Waals surface area (Å²) in [7, 11) is 0. The van der Waals surface area contributed by atoms with E-state index in [1.54, 1.807) is 6.92 Å². The molecule has 3 nitrogen and oxygen atoms in total. The first-order valence-corrected chi connectivity index (χ1v) is 5.64. The van der Waals surface area contributed by atoms with Crippen LogP contribution in [0.5, 0.6) is 0 Å². The van der Waals surface area contributed by atoms with Crippen molar-refractivity contribution in [3.63, 3.8) is 0 Å². The zero-order chi connectivity index (χ0) is 14.8. The van der Waals surface area contributed by atoms with Crippen molar-refractivity contribution in [1.82, 2.24) is 9.97 Å². The fourth-order valence-corrected chi connectivity index (χ4v) is 1.52. The minimum absolute atomic E-state index is 0.247. The lowest BCUT2D eigenvalue weighted by molar-refractivity contribution is -0.137. The van der Waals surface area contributed by atoms with Gasteiger partial charge < -0.3 is 5.73 Å². The van der Waals surface area contributed by atoms with Crippen molar-refractivity contribution in [2.75, 3.05) is 5.73 Å². The number of nitrogen functional groups attached to an aromatic ring is 1. The molecule has 2 aromatic rings. The number of hydrogen-bond acceptors (Lipinski definition) is 3. The second-order valence-corrected chi connectivity index (χ2v) is 4.04. The lowest BCUT2D eigenvalue weighted by Crippen LogP contribution is -2.04. The number of nitrogens with zero attached hydrogens (tertiary/aromatic N) is 2. The topological polar surface area (TPSA) is 51.8 Å². The molecule has 1 heterocycles. The van der Waals surface area contributed by atoms with E-state index in [1.807, 2.05) is 0 Å². The molecule has 1 aromatic heterocycles. The van der Waals surface area contributed by atoms with Gasteiger partial charge in [0.2, 0.25) is 0 Å². The summed E-state index contributed by atoms with van der Waals surface area (Å²) in [6.07, 6.45) is -3.02. The molecule has 0 atom stereocenters. The highest BCUT2D eigenvalue weighted by Crippen LogP contribution is 2.28. The number of alkyl halides is 3. The minimum atomic E-state index is -4.35. The molecule has 0 amide bonds. The molecule has 20 heavy (non-hydrogen) atoms. The van der Waals surface area contributed by atoms with Crippen LogP contribution in [0, 0.1) is 18.8 Å². The number of aromatic nitrogens is 2. The normalized spacial score (nSPS) is 10.8. The maximum atomic E-state index is 12.4. The van der Waals surface area contributed by atoms with Crippen LogP contribution in [0.2, 0.25) is 0 Å². The van der Waals surface area contributed by atoms with E-state index in [0.717, 1.165) is 12.1 Å². The van der Waals surface area contributed by atoms with Crippen LogP contribution in [-0.2, 0) is 6.18 Å². The third kappa shape index (κ3) is 3.06. The van der Waals surface area contributed by atoms with E-state index in [0.29, 0.717) is 16.8 Å².